The van der Waals surface area contributed by atoms with Crippen LogP contribution in [0.4, 0.5) is 17.6 Å². The van der Waals surface area contributed by atoms with Gasteiger partial charge in [0.2, 0.25) is 5.91 Å². The number of benzene rings is 2. The van der Waals surface area contributed by atoms with Gasteiger partial charge < -0.3 is 16.4 Å². The molecular weight excluding hydrogens is 362 g/mol. The van der Waals surface area contributed by atoms with Gasteiger partial charge in [-0.05, 0) is 58.3 Å². The van der Waals surface area contributed by atoms with Crippen LogP contribution in [0.25, 0.3) is 17.2 Å². The third-order valence-corrected chi connectivity index (χ3v) is 4.89. The molecule has 0 atom stereocenters. The minimum absolute atomic E-state index is 0.256. The summed E-state index contributed by atoms with van der Waals surface area (Å²) in [4.78, 5) is 11.9. The van der Waals surface area contributed by atoms with Crippen LogP contribution < -0.4 is 16.4 Å². The van der Waals surface area contributed by atoms with E-state index in [0.29, 0.717) is 31.3 Å². The molecule has 0 aromatic heterocycles. The molecule has 2 heterocycles. The first-order chi connectivity index (χ1) is 12.8. The Morgan fingerprint density at radius 2 is 1.81 bits per heavy atom. The Morgan fingerprint density at radius 1 is 1.07 bits per heavy atom. The van der Waals surface area contributed by atoms with Gasteiger partial charge >= 0.3 is 6.18 Å². The van der Waals surface area contributed by atoms with E-state index in [1.54, 1.807) is 12.3 Å². The van der Waals surface area contributed by atoms with E-state index >= 15 is 0 Å². The number of nitrogens with one attached hydrogen (secondary N) is 2. The maximum absolute atomic E-state index is 13.8. The predicted octanol–water partition coefficient (Wildman–Crippen LogP) is 3.29. The van der Waals surface area contributed by atoms with Crippen LogP contribution in [0.2, 0.25) is 0 Å². The number of primary amides is 1. The number of carbonyl (C=O) groups excluding carboxylic acids is 1. The first kappa shape index (κ1) is 17.5. The minimum atomic E-state index is -4.84. The van der Waals surface area contributed by atoms with Crippen LogP contribution in [0.3, 0.4) is 0 Å². The molecule has 0 fully saturated rings. The second-order valence-electron chi connectivity index (χ2n) is 6.51. The van der Waals surface area contributed by atoms with E-state index in [1.807, 2.05) is 6.08 Å². The molecule has 2 aliphatic rings. The maximum Gasteiger partial charge on any atom is 0.417 e. The largest absolute Gasteiger partial charge is 0.417 e. The SMILES string of the molecule is NC(=O)c1cc(F)cc(C(F)(F)F)c1-c1cc2c(c3c1CNC3)C=CNC2. The lowest BCUT2D eigenvalue weighted by Crippen LogP contribution is -2.19. The van der Waals surface area contributed by atoms with Gasteiger partial charge in [-0.2, -0.15) is 13.2 Å². The molecule has 140 valence electrons. The molecule has 4 N–H and O–H groups in total. The van der Waals surface area contributed by atoms with Crippen molar-refractivity contribution in [2.45, 2.75) is 25.8 Å². The molecule has 2 aromatic carbocycles. The van der Waals surface area contributed by atoms with Crippen molar-refractivity contribution in [3.63, 3.8) is 0 Å². The molecule has 8 heteroatoms. The summed E-state index contributed by atoms with van der Waals surface area (Å²) >= 11 is 0. The Balaban J connectivity index is 2.10. The van der Waals surface area contributed by atoms with E-state index in [4.69, 9.17) is 5.73 Å². The Bertz CT molecular complexity index is 996. The smallest absolute Gasteiger partial charge is 0.387 e. The molecule has 27 heavy (non-hydrogen) atoms. The monoisotopic (exact) mass is 377 g/mol. The summed E-state index contributed by atoms with van der Waals surface area (Å²) in [5.74, 6) is -2.26. The summed E-state index contributed by atoms with van der Waals surface area (Å²) in [7, 11) is 0. The van der Waals surface area contributed by atoms with Crippen LogP contribution in [0, 0.1) is 5.82 Å². The lowest BCUT2D eigenvalue weighted by atomic mass is 9.85. The van der Waals surface area contributed by atoms with Crippen molar-refractivity contribution in [2.24, 2.45) is 5.73 Å². The fourth-order valence-corrected chi connectivity index (χ4v) is 3.78. The van der Waals surface area contributed by atoms with Gasteiger partial charge in [-0.25, -0.2) is 4.39 Å². The summed E-state index contributed by atoms with van der Waals surface area (Å²) < 4.78 is 54.9. The Labute approximate surface area is 152 Å². The molecule has 0 radical (unpaired) electrons. The first-order valence-corrected chi connectivity index (χ1v) is 8.26. The number of amides is 1. The van der Waals surface area contributed by atoms with Gasteiger partial charge in [0.15, 0.2) is 0 Å². The van der Waals surface area contributed by atoms with Crippen LogP contribution in [-0.2, 0) is 25.8 Å². The van der Waals surface area contributed by atoms with E-state index in [2.05, 4.69) is 10.6 Å². The van der Waals surface area contributed by atoms with Crippen LogP contribution >= 0.6 is 0 Å². The second-order valence-corrected chi connectivity index (χ2v) is 6.51. The van der Waals surface area contributed by atoms with Crippen molar-refractivity contribution in [3.05, 3.63) is 63.6 Å². The van der Waals surface area contributed by atoms with E-state index in [1.165, 1.54) is 0 Å². The van der Waals surface area contributed by atoms with Gasteiger partial charge in [-0.1, -0.05) is 0 Å². The van der Waals surface area contributed by atoms with Crippen molar-refractivity contribution >= 4 is 12.0 Å². The van der Waals surface area contributed by atoms with E-state index < -0.39 is 29.0 Å². The van der Waals surface area contributed by atoms with Crippen molar-refractivity contribution in [1.82, 2.24) is 10.6 Å². The topological polar surface area (TPSA) is 67.2 Å². The Hall–Kier alpha value is -2.87. The van der Waals surface area contributed by atoms with Gasteiger partial charge in [-0.15, -0.1) is 0 Å². The highest BCUT2D eigenvalue weighted by Gasteiger charge is 2.38. The molecule has 0 bridgehead atoms. The van der Waals surface area contributed by atoms with E-state index in [-0.39, 0.29) is 11.1 Å². The average molecular weight is 377 g/mol. The zero-order chi connectivity index (χ0) is 19.3. The molecular formula is C19H15F4N3O. The molecule has 2 aromatic rings. The molecule has 4 nitrogen and oxygen atoms in total. The number of fused-ring (bicyclic) bond motifs is 3. The highest BCUT2D eigenvalue weighted by Crippen LogP contribution is 2.43. The summed E-state index contributed by atoms with van der Waals surface area (Å²) in [6, 6.07) is 2.81. The summed E-state index contributed by atoms with van der Waals surface area (Å²) in [5, 5.41) is 6.17. The van der Waals surface area contributed by atoms with E-state index in [0.717, 1.165) is 22.8 Å². The molecule has 0 aliphatic carbocycles. The molecule has 4 rings (SSSR count). The Morgan fingerprint density at radius 3 is 2.52 bits per heavy atom. The quantitative estimate of drug-likeness (QED) is 0.704. The van der Waals surface area contributed by atoms with Gasteiger partial charge in [-0.3, -0.25) is 4.79 Å². The van der Waals surface area contributed by atoms with Crippen LogP contribution in [0.5, 0.6) is 0 Å². The number of hydrogen-bond acceptors (Lipinski definition) is 3. The molecule has 0 spiro atoms. The van der Waals surface area contributed by atoms with Crippen LogP contribution in [0.1, 0.15) is 38.2 Å². The van der Waals surface area contributed by atoms with Gasteiger partial charge in [0.1, 0.15) is 5.82 Å². The lowest BCUT2D eigenvalue weighted by Gasteiger charge is -2.22. The molecule has 0 saturated heterocycles. The molecule has 1 amide bonds. The van der Waals surface area contributed by atoms with Gasteiger partial charge in [0, 0.05) is 25.2 Å². The summed E-state index contributed by atoms with van der Waals surface area (Å²) in [6.45, 7) is 1.30. The van der Waals surface area contributed by atoms with Crippen LogP contribution in [0.15, 0.2) is 24.4 Å². The Kier molecular flexibility index (Phi) is 3.96. The third kappa shape index (κ3) is 2.86. The maximum atomic E-state index is 13.8. The van der Waals surface area contributed by atoms with E-state index in [9.17, 15) is 22.4 Å². The van der Waals surface area contributed by atoms with Crippen molar-refractivity contribution in [2.75, 3.05) is 0 Å². The highest BCUT2D eigenvalue weighted by atomic mass is 19.4. The summed E-state index contributed by atoms with van der Waals surface area (Å²) in [6.07, 6.45) is -1.18. The minimum Gasteiger partial charge on any atom is -0.387 e. The number of carbonyl (C=O) groups is 1. The van der Waals surface area contributed by atoms with Crippen molar-refractivity contribution in [3.8, 4) is 11.1 Å². The lowest BCUT2D eigenvalue weighted by molar-refractivity contribution is -0.137. The fraction of sp³-hybridized carbons (Fsp3) is 0.211. The third-order valence-electron chi connectivity index (χ3n) is 4.89. The standard InChI is InChI=1S/C19H15F4N3O/c20-10-4-13(18(24)27)17(16(5-10)19(21,22)23)12-3-9-6-25-2-1-11(9)14-7-26-8-15(12)14/h1-5,25-26H,6-8H2,(H2,24,27). The molecule has 0 saturated carbocycles. The zero-order valence-electron chi connectivity index (χ0n) is 14.0. The van der Waals surface area contributed by atoms with Gasteiger partial charge in [0.25, 0.3) is 0 Å². The summed E-state index contributed by atoms with van der Waals surface area (Å²) in [5.41, 5.74) is 6.82. The average Bonchev–Trinajstić information content (AvgIpc) is 3.09. The predicted molar refractivity (Wildman–Crippen MR) is 91.8 cm³/mol. The number of halogens is 4. The molecule has 0 unspecified atom stereocenters. The molecule has 2 aliphatic heterocycles. The van der Waals surface area contributed by atoms with Gasteiger partial charge in [0.05, 0.1) is 11.1 Å². The number of hydrogen-bond donors (Lipinski definition) is 3. The second kappa shape index (κ2) is 6.09. The highest BCUT2D eigenvalue weighted by molar-refractivity contribution is 6.01. The van der Waals surface area contributed by atoms with Crippen molar-refractivity contribution < 1.29 is 22.4 Å². The first-order valence-electron chi connectivity index (χ1n) is 8.26. The number of alkyl halides is 3. The normalized spacial score (nSPS) is 15.3. The van der Waals surface area contributed by atoms with Crippen molar-refractivity contribution in [1.29, 1.82) is 0 Å². The fourth-order valence-electron chi connectivity index (χ4n) is 3.78. The number of rotatable bonds is 2. The number of nitrogens with two attached hydrogens (primary N) is 1. The zero-order valence-corrected chi connectivity index (χ0v) is 14.0. The van der Waals surface area contributed by atoms with Crippen LogP contribution in [-0.4, -0.2) is 5.91 Å².